The van der Waals surface area contributed by atoms with E-state index in [0.717, 1.165) is 26.2 Å². The molecule has 2 aliphatic rings. The third-order valence-corrected chi connectivity index (χ3v) is 7.78. The van der Waals surface area contributed by atoms with E-state index in [0.29, 0.717) is 35.5 Å². The number of aromatic nitrogens is 6. The summed E-state index contributed by atoms with van der Waals surface area (Å²) in [5, 5.41) is 9.93. The zero-order valence-corrected chi connectivity index (χ0v) is 26.0. The molecule has 1 aromatic carbocycles. The molecule has 3 N–H and O–H groups in total. The molecule has 1 atom stereocenters. The van der Waals surface area contributed by atoms with Crippen molar-refractivity contribution >= 4 is 58.3 Å². The van der Waals surface area contributed by atoms with Gasteiger partial charge in [0.2, 0.25) is 33.7 Å². The van der Waals surface area contributed by atoms with Crippen LogP contribution in [0.2, 0.25) is 15.9 Å². The van der Waals surface area contributed by atoms with Gasteiger partial charge in [-0.3, -0.25) is 4.90 Å². The molecule has 5 rings (SSSR count). The first-order valence-electron chi connectivity index (χ1n) is 14.1. The minimum atomic E-state index is -0.438. The first-order chi connectivity index (χ1) is 20.3. The van der Waals surface area contributed by atoms with E-state index >= 15 is 0 Å². The van der Waals surface area contributed by atoms with Gasteiger partial charge in [0.25, 0.3) is 0 Å². The predicted molar refractivity (Wildman–Crippen MR) is 165 cm³/mol. The van der Waals surface area contributed by atoms with Gasteiger partial charge in [-0.15, -0.1) is 0 Å². The summed E-state index contributed by atoms with van der Waals surface area (Å²) in [7, 11) is 1.45. The van der Waals surface area contributed by atoms with Crippen LogP contribution in [0.3, 0.4) is 0 Å². The number of nitrogens with zero attached hydrogens (tertiary/aromatic N) is 7. The summed E-state index contributed by atoms with van der Waals surface area (Å²) in [6, 6.07) is 5.19. The van der Waals surface area contributed by atoms with Crippen LogP contribution in [-0.4, -0.2) is 74.1 Å². The maximum Gasteiger partial charge on any atom is 0.233 e. The summed E-state index contributed by atoms with van der Waals surface area (Å²) in [5.41, 5.74) is 0.552. The molecule has 1 aliphatic carbocycles. The second-order valence-corrected chi connectivity index (χ2v) is 11.1. The summed E-state index contributed by atoms with van der Waals surface area (Å²) in [6.45, 7) is 6.03. The number of nitrogens with one attached hydrogen (secondary N) is 3. The minimum absolute atomic E-state index is 0.000000000000000444. The van der Waals surface area contributed by atoms with E-state index in [2.05, 4.69) is 57.7 Å². The lowest BCUT2D eigenvalue weighted by molar-refractivity contribution is 0.277. The van der Waals surface area contributed by atoms with Gasteiger partial charge >= 0.3 is 0 Å². The van der Waals surface area contributed by atoms with Crippen molar-refractivity contribution in [3.8, 4) is 5.75 Å². The summed E-state index contributed by atoms with van der Waals surface area (Å²) >= 11 is 16.0. The highest BCUT2D eigenvalue weighted by atomic mass is 35.5. The molecule has 0 radical (unpaired) electrons. The van der Waals surface area contributed by atoms with Crippen LogP contribution in [0.15, 0.2) is 18.2 Å². The Morgan fingerprint density at radius 2 is 1.45 bits per heavy atom. The first-order valence-corrected chi connectivity index (χ1v) is 15.3. The summed E-state index contributed by atoms with van der Waals surface area (Å²) in [5.74, 6) is 1.85. The van der Waals surface area contributed by atoms with Crippen LogP contribution in [0.4, 0.5) is 27.9 Å². The number of hydrogen-bond acceptors (Lipinski definition) is 11. The average Bonchev–Trinajstić information content (AvgIpc) is 3.43. The minimum Gasteiger partial charge on any atom is -0.494 e. The molecule has 1 saturated carbocycles. The number of rotatable bonds is 10. The summed E-state index contributed by atoms with van der Waals surface area (Å²) in [4.78, 5) is 26.6. The molecule has 2 fully saturated rings. The lowest BCUT2D eigenvalue weighted by Crippen LogP contribution is -2.35. The topological polar surface area (TPSA) is 126 Å². The van der Waals surface area contributed by atoms with E-state index in [1.165, 1.54) is 58.1 Å². The molecule has 11 nitrogen and oxygen atoms in total. The van der Waals surface area contributed by atoms with Crippen molar-refractivity contribution in [1.29, 1.82) is 0 Å². The fourth-order valence-corrected chi connectivity index (χ4v) is 5.76. The molecule has 0 unspecified atom stereocenters. The molecule has 1 aliphatic heterocycles. The third-order valence-electron chi connectivity index (χ3n) is 7.27. The molecule has 3 aromatic rings. The number of ether oxygens (including phenoxy) is 1. The molecule has 3 heterocycles. The quantitative estimate of drug-likeness (QED) is 0.225. The number of anilines is 4. The van der Waals surface area contributed by atoms with Crippen molar-refractivity contribution < 1.29 is 9.13 Å². The van der Waals surface area contributed by atoms with Gasteiger partial charge in [-0.2, -0.15) is 29.9 Å². The van der Waals surface area contributed by atoms with Gasteiger partial charge in [0.1, 0.15) is 0 Å². The van der Waals surface area contributed by atoms with Crippen LogP contribution < -0.4 is 20.7 Å². The molecule has 2 aromatic heterocycles. The Morgan fingerprint density at radius 1 is 0.833 bits per heavy atom. The Labute approximate surface area is 260 Å². The van der Waals surface area contributed by atoms with Crippen molar-refractivity contribution in [2.45, 2.75) is 57.9 Å². The van der Waals surface area contributed by atoms with Crippen molar-refractivity contribution in [2.75, 3.05) is 49.2 Å². The highest BCUT2D eigenvalue weighted by molar-refractivity contribution is 6.33. The molecule has 0 bridgehead atoms. The zero-order valence-electron chi connectivity index (χ0n) is 23.7. The number of halogens is 4. The maximum atomic E-state index is 14.2. The lowest BCUT2D eigenvalue weighted by Gasteiger charge is -2.23. The molecular formula is C27H36Cl3FN10O. The number of methoxy groups -OCH3 is 1. The van der Waals surface area contributed by atoms with E-state index in [1.807, 2.05) is 0 Å². The Morgan fingerprint density at radius 3 is 2.05 bits per heavy atom. The Hall–Kier alpha value is -2.80. The van der Waals surface area contributed by atoms with Gasteiger partial charge in [-0.05, 0) is 91.6 Å². The second kappa shape index (κ2) is 16.2. The largest absolute Gasteiger partial charge is 0.494 e. The smallest absolute Gasteiger partial charge is 0.233 e. The predicted octanol–water partition coefficient (Wildman–Crippen LogP) is 6.48. The van der Waals surface area contributed by atoms with Gasteiger partial charge in [-0.1, -0.05) is 26.2 Å². The third kappa shape index (κ3) is 9.89. The van der Waals surface area contributed by atoms with Crippen LogP contribution in [0.5, 0.6) is 5.75 Å². The molecule has 1 saturated heterocycles. The average molecular weight is 642 g/mol. The normalized spacial score (nSPS) is 17.3. The molecule has 42 heavy (non-hydrogen) atoms. The van der Waals surface area contributed by atoms with Crippen LogP contribution in [0.25, 0.3) is 0 Å². The van der Waals surface area contributed by atoms with E-state index in [-0.39, 0.29) is 21.6 Å². The van der Waals surface area contributed by atoms with Gasteiger partial charge < -0.3 is 20.7 Å². The molecule has 228 valence electrons. The fraction of sp³-hybridized carbons (Fsp3) is 0.556. The van der Waals surface area contributed by atoms with Crippen molar-refractivity contribution in [3.05, 3.63) is 39.9 Å². The summed E-state index contributed by atoms with van der Waals surface area (Å²) in [6.07, 6.45) is 8.81. The highest BCUT2D eigenvalue weighted by Crippen LogP contribution is 2.25. The Kier molecular flexibility index (Phi) is 12.4. The van der Waals surface area contributed by atoms with E-state index in [1.54, 1.807) is 12.1 Å². The van der Waals surface area contributed by atoms with Crippen molar-refractivity contribution in [3.63, 3.8) is 0 Å². The molecule has 0 amide bonds. The van der Waals surface area contributed by atoms with E-state index in [4.69, 9.17) is 39.5 Å². The molecule has 0 spiro atoms. The van der Waals surface area contributed by atoms with E-state index in [9.17, 15) is 4.39 Å². The van der Waals surface area contributed by atoms with Gasteiger partial charge in [0, 0.05) is 30.9 Å². The molecule has 15 heteroatoms. The maximum absolute atomic E-state index is 14.2. The van der Waals surface area contributed by atoms with Crippen LogP contribution in [0, 0.1) is 11.7 Å². The number of benzene rings is 1. The van der Waals surface area contributed by atoms with Gasteiger partial charge in [-0.25, -0.2) is 4.39 Å². The standard InChI is InChI=1S/C24H36FN7O.C3Cl3N3/c1-3-32-13-7-10-19(32)16-27-23-29-22(26-15-17-8-5-4-6-9-17)30-24(31-23)28-18-11-12-21(33-2)20(25)14-18;4-1-7-2(5)9-3(6)8-1/h11-12,14,17,19H,3-10,13,15-16H2,1-2H3,(H3,26,27,28,29,30,31);/t19-;/m1./s1. The monoisotopic (exact) mass is 640 g/mol. The van der Waals surface area contributed by atoms with Crippen LogP contribution >= 0.6 is 34.8 Å². The highest BCUT2D eigenvalue weighted by Gasteiger charge is 2.23. The van der Waals surface area contributed by atoms with Crippen LogP contribution in [0.1, 0.15) is 51.9 Å². The van der Waals surface area contributed by atoms with Crippen molar-refractivity contribution in [2.24, 2.45) is 5.92 Å². The lowest BCUT2D eigenvalue weighted by atomic mass is 9.89. The SMILES string of the molecule is CCN1CCC[C@@H]1CNc1nc(NCC2CCCCC2)nc(Nc2ccc(OC)c(F)c2)n1.Clc1nc(Cl)nc(Cl)n1. The second-order valence-electron chi connectivity index (χ2n) is 10.1. The van der Waals surface area contributed by atoms with Crippen LogP contribution in [-0.2, 0) is 0 Å². The van der Waals surface area contributed by atoms with Gasteiger partial charge in [0.15, 0.2) is 11.6 Å². The number of likely N-dealkylation sites (N-methyl/N-ethyl adjacent to an activating group) is 1. The van der Waals surface area contributed by atoms with Crippen molar-refractivity contribution in [1.82, 2.24) is 34.8 Å². The summed E-state index contributed by atoms with van der Waals surface area (Å²) < 4.78 is 19.2. The number of likely N-dealkylation sites (tertiary alicyclic amines) is 1. The first kappa shape index (κ1) is 32.1. The Bertz CT molecular complexity index is 1250. The van der Waals surface area contributed by atoms with Gasteiger partial charge in [0.05, 0.1) is 7.11 Å². The number of hydrogen-bond donors (Lipinski definition) is 3. The van der Waals surface area contributed by atoms with E-state index < -0.39 is 5.82 Å². The fourth-order valence-electron chi connectivity index (χ4n) is 5.15. The Balaban J connectivity index is 0.000000385. The molecular weight excluding hydrogens is 606 g/mol. The zero-order chi connectivity index (χ0) is 29.9.